The molecule has 0 radical (unpaired) electrons. The van der Waals surface area contributed by atoms with Crippen LogP contribution in [-0.2, 0) is 5.41 Å². The Morgan fingerprint density at radius 1 is 0.360 bits per heavy atom. The van der Waals surface area contributed by atoms with Crippen LogP contribution >= 0.6 is 0 Å². The molecule has 5 heteroatoms. The number of ether oxygens (including phenoxy) is 1. The van der Waals surface area contributed by atoms with Gasteiger partial charge in [0.1, 0.15) is 11.5 Å². The van der Waals surface area contributed by atoms with Crippen molar-refractivity contribution in [1.82, 2.24) is 19.9 Å². The van der Waals surface area contributed by atoms with Crippen molar-refractivity contribution in [1.29, 1.82) is 0 Å². The van der Waals surface area contributed by atoms with E-state index in [1.165, 1.54) is 22.3 Å². The Kier molecular flexibility index (Phi) is 6.33. The molecule has 0 N–H and O–H groups in total. The fraction of sp³-hybridized carbons (Fsp3) is 0.0222. The van der Waals surface area contributed by atoms with E-state index in [0.29, 0.717) is 0 Å². The van der Waals surface area contributed by atoms with Gasteiger partial charge in [0.15, 0.2) is 0 Å². The first-order chi connectivity index (χ1) is 24.8. The molecular weight excluding hydrogens is 613 g/mol. The van der Waals surface area contributed by atoms with Crippen molar-refractivity contribution < 1.29 is 4.74 Å². The fourth-order valence-corrected chi connectivity index (χ4v) is 7.72. The van der Waals surface area contributed by atoms with Crippen molar-refractivity contribution in [3.63, 3.8) is 0 Å². The summed E-state index contributed by atoms with van der Waals surface area (Å²) in [6.07, 6.45) is 3.60. The zero-order chi connectivity index (χ0) is 33.1. The number of aromatic nitrogens is 4. The summed E-state index contributed by atoms with van der Waals surface area (Å²) in [5.74, 6) is 1.68. The third-order valence-electron chi connectivity index (χ3n) is 9.88. The number of rotatable bonds is 4. The van der Waals surface area contributed by atoms with E-state index in [0.717, 1.165) is 67.9 Å². The molecule has 234 valence electrons. The Morgan fingerprint density at radius 2 is 0.880 bits per heavy atom. The Hall–Kier alpha value is -6.72. The molecule has 0 saturated carbocycles. The van der Waals surface area contributed by atoms with Gasteiger partial charge in [0.05, 0.1) is 39.6 Å². The number of benzene rings is 4. The molecule has 5 heterocycles. The first kappa shape index (κ1) is 28.3. The maximum Gasteiger partial charge on any atom is 0.132 e. The SMILES string of the molecule is c1ccc(-c2cccc(-c3ccc4c(c3)C3(c5ccccc5O4)c4ccccc4-c4ccc(-c5cccc(-c6ccccn6)n5)cc43)n2)nc1. The lowest BCUT2D eigenvalue weighted by molar-refractivity contribution is 0.436. The molecule has 0 amide bonds. The van der Waals surface area contributed by atoms with Crippen molar-refractivity contribution in [2.24, 2.45) is 0 Å². The summed E-state index contributed by atoms with van der Waals surface area (Å²) in [5, 5.41) is 0. The van der Waals surface area contributed by atoms with Crippen LogP contribution in [0.5, 0.6) is 11.5 Å². The molecule has 4 aromatic heterocycles. The topological polar surface area (TPSA) is 60.8 Å². The quantitative estimate of drug-likeness (QED) is 0.192. The molecule has 0 bridgehead atoms. The summed E-state index contributed by atoms with van der Waals surface area (Å²) in [6.45, 7) is 0. The number of hydrogen-bond acceptors (Lipinski definition) is 5. The summed E-state index contributed by atoms with van der Waals surface area (Å²) in [6, 6.07) is 54.6. The largest absolute Gasteiger partial charge is 0.457 e. The van der Waals surface area contributed by atoms with Crippen LogP contribution in [0.25, 0.3) is 56.4 Å². The predicted octanol–water partition coefficient (Wildman–Crippen LogP) is 10.4. The van der Waals surface area contributed by atoms with E-state index in [1.54, 1.807) is 12.4 Å². The standard InChI is InChI=1S/C45H28N4O/c1-2-12-33-31(11-1)32-23-21-29(37-16-9-18-41(48-37)39-14-5-7-25-46-39)27-35(32)45(33)34-13-3-4-20-43(34)50-44-24-22-30(28-36(44)45)38-17-10-19-42(49-38)40-15-6-8-26-47-40/h1-28H. The van der Waals surface area contributed by atoms with E-state index in [4.69, 9.17) is 14.7 Å². The minimum atomic E-state index is -0.640. The third kappa shape index (κ3) is 4.27. The molecule has 0 fully saturated rings. The zero-order valence-electron chi connectivity index (χ0n) is 26.9. The van der Waals surface area contributed by atoms with Gasteiger partial charge in [-0.1, -0.05) is 78.9 Å². The molecule has 1 unspecified atom stereocenters. The van der Waals surface area contributed by atoms with E-state index in [9.17, 15) is 0 Å². The van der Waals surface area contributed by atoms with Gasteiger partial charge in [-0.05, 0) is 101 Å². The van der Waals surface area contributed by atoms with Gasteiger partial charge < -0.3 is 4.74 Å². The van der Waals surface area contributed by atoms with Gasteiger partial charge in [-0.2, -0.15) is 0 Å². The van der Waals surface area contributed by atoms with Gasteiger partial charge in [0.2, 0.25) is 0 Å². The Bertz CT molecular complexity index is 2580. The first-order valence-corrected chi connectivity index (χ1v) is 16.7. The van der Waals surface area contributed by atoms with E-state index in [1.807, 2.05) is 60.7 Å². The second-order valence-electron chi connectivity index (χ2n) is 12.6. The summed E-state index contributed by atoms with van der Waals surface area (Å²) in [5.41, 5.74) is 13.6. The van der Waals surface area contributed by atoms with Crippen molar-refractivity contribution in [3.8, 4) is 67.9 Å². The summed E-state index contributed by atoms with van der Waals surface area (Å²) < 4.78 is 6.71. The lowest BCUT2D eigenvalue weighted by Gasteiger charge is -2.39. The van der Waals surface area contributed by atoms with Crippen molar-refractivity contribution in [3.05, 3.63) is 192 Å². The van der Waals surface area contributed by atoms with Crippen LogP contribution in [0.3, 0.4) is 0 Å². The van der Waals surface area contributed by atoms with E-state index in [-0.39, 0.29) is 0 Å². The van der Waals surface area contributed by atoms with E-state index < -0.39 is 5.41 Å². The van der Waals surface area contributed by atoms with Crippen LogP contribution in [0.1, 0.15) is 22.3 Å². The monoisotopic (exact) mass is 640 g/mol. The Morgan fingerprint density at radius 3 is 1.56 bits per heavy atom. The van der Waals surface area contributed by atoms with Crippen LogP contribution in [-0.4, -0.2) is 19.9 Å². The number of fused-ring (bicyclic) bond motifs is 9. The van der Waals surface area contributed by atoms with Crippen molar-refractivity contribution in [2.45, 2.75) is 5.41 Å². The number of para-hydroxylation sites is 1. The molecule has 1 spiro atoms. The predicted molar refractivity (Wildman–Crippen MR) is 197 cm³/mol. The third-order valence-corrected chi connectivity index (χ3v) is 9.88. The molecule has 2 aliphatic rings. The minimum Gasteiger partial charge on any atom is -0.457 e. The second kappa shape index (κ2) is 11.2. The maximum absolute atomic E-state index is 6.71. The molecule has 0 saturated heterocycles. The highest BCUT2D eigenvalue weighted by molar-refractivity contribution is 5.90. The van der Waals surface area contributed by atoms with Crippen LogP contribution in [0.15, 0.2) is 170 Å². The number of hydrogen-bond donors (Lipinski definition) is 0. The maximum atomic E-state index is 6.71. The summed E-state index contributed by atoms with van der Waals surface area (Å²) in [7, 11) is 0. The molecular formula is C45H28N4O. The highest BCUT2D eigenvalue weighted by Gasteiger charge is 2.51. The molecule has 8 aromatic rings. The van der Waals surface area contributed by atoms with Gasteiger partial charge in [0.25, 0.3) is 0 Å². The highest BCUT2D eigenvalue weighted by atomic mass is 16.5. The van der Waals surface area contributed by atoms with Crippen LogP contribution in [0, 0.1) is 0 Å². The number of nitrogens with zero attached hydrogens (tertiary/aromatic N) is 4. The van der Waals surface area contributed by atoms with Crippen molar-refractivity contribution >= 4 is 0 Å². The molecule has 1 aliphatic carbocycles. The molecule has 1 atom stereocenters. The normalized spacial score (nSPS) is 15.0. The first-order valence-electron chi connectivity index (χ1n) is 16.7. The smallest absolute Gasteiger partial charge is 0.132 e. The summed E-state index contributed by atoms with van der Waals surface area (Å²) in [4.78, 5) is 19.3. The molecule has 10 rings (SSSR count). The van der Waals surface area contributed by atoms with Crippen molar-refractivity contribution in [2.75, 3.05) is 0 Å². The average Bonchev–Trinajstić information content (AvgIpc) is 3.49. The van der Waals surface area contributed by atoms with Gasteiger partial charge >= 0.3 is 0 Å². The van der Waals surface area contributed by atoms with Crippen LogP contribution in [0.2, 0.25) is 0 Å². The second-order valence-corrected chi connectivity index (χ2v) is 12.6. The van der Waals surface area contributed by atoms with Gasteiger partial charge in [0, 0.05) is 34.6 Å². The molecule has 50 heavy (non-hydrogen) atoms. The Labute approximate surface area is 289 Å². The minimum absolute atomic E-state index is 0.640. The molecule has 4 aromatic carbocycles. The van der Waals surface area contributed by atoms with Crippen LogP contribution in [0.4, 0.5) is 0 Å². The average molecular weight is 641 g/mol. The lowest BCUT2D eigenvalue weighted by Crippen LogP contribution is -2.32. The lowest BCUT2D eigenvalue weighted by atomic mass is 9.65. The molecule has 5 nitrogen and oxygen atoms in total. The fourth-order valence-electron chi connectivity index (χ4n) is 7.72. The van der Waals surface area contributed by atoms with E-state index >= 15 is 0 Å². The van der Waals surface area contributed by atoms with Crippen LogP contribution < -0.4 is 4.74 Å². The molecule has 1 aliphatic heterocycles. The van der Waals surface area contributed by atoms with Gasteiger partial charge in [-0.25, -0.2) is 9.97 Å². The summed E-state index contributed by atoms with van der Waals surface area (Å²) >= 11 is 0. The van der Waals surface area contributed by atoms with Gasteiger partial charge in [-0.3, -0.25) is 9.97 Å². The number of pyridine rings is 4. The van der Waals surface area contributed by atoms with Gasteiger partial charge in [-0.15, -0.1) is 0 Å². The zero-order valence-corrected chi connectivity index (χ0v) is 26.9. The van der Waals surface area contributed by atoms with E-state index in [2.05, 4.69) is 107 Å². The Balaban J connectivity index is 1.21. The highest BCUT2D eigenvalue weighted by Crippen LogP contribution is 2.62.